The number of esters is 1. The van der Waals surface area contributed by atoms with Gasteiger partial charge in [-0.15, -0.1) is 0 Å². The summed E-state index contributed by atoms with van der Waals surface area (Å²) >= 11 is 0. The third-order valence-electron chi connectivity index (χ3n) is 6.96. The van der Waals surface area contributed by atoms with Crippen molar-refractivity contribution in [2.75, 3.05) is 6.54 Å². The van der Waals surface area contributed by atoms with Crippen molar-refractivity contribution >= 4 is 16.0 Å². The van der Waals surface area contributed by atoms with E-state index < -0.39 is 28.5 Å². The first kappa shape index (κ1) is 37.8. The molecule has 0 aromatic heterocycles. The Kier molecular flexibility index (Phi) is 18.1. The van der Waals surface area contributed by atoms with Crippen LogP contribution in [0.5, 0.6) is 0 Å². The number of unbranched alkanes of at least 4 members (excludes halogenated alkanes) is 9. The minimum Gasteiger partial charge on any atom is -0.461 e. The van der Waals surface area contributed by atoms with Gasteiger partial charge in [-0.1, -0.05) is 97.6 Å². The van der Waals surface area contributed by atoms with Crippen molar-refractivity contribution in [1.29, 1.82) is 0 Å². The molecule has 2 radical (unpaired) electrons. The molecule has 10 heteroatoms. The summed E-state index contributed by atoms with van der Waals surface area (Å²) in [5.41, 5.74) is 0.883. The van der Waals surface area contributed by atoms with Gasteiger partial charge in [0, 0.05) is 51.8 Å². The summed E-state index contributed by atoms with van der Waals surface area (Å²) in [5, 5.41) is 19.7. The van der Waals surface area contributed by atoms with Crippen molar-refractivity contribution in [1.82, 2.24) is 4.31 Å². The molecule has 1 fully saturated rings. The van der Waals surface area contributed by atoms with Crippen LogP contribution in [0, 0.1) is 0 Å². The summed E-state index contributed by atoms with van der Waals surface area (Å²) in [7, 11) is -3.98. The molecular weight excluding hydrogens is 684 g/mol. The topological polar surface area (TPSA) is 104 Å². The number of sulfonamides is 1. The number of carbonyl (C=O) groups is 1. The third-order valence-corrected chi connectivity index (χ3v) is 8.87. The van der Waals surface area contributed by atoms with Crippen molar-refractivity contribution in [2.45, 2.75) is 133 Å². The molecule has 1 aliphatic rings. The van der Waals surface area contributed by atoms with Crippen molar-refractivity contribution < 1.29 is 67.1 Å². The fourth-order valence-corrected chi connectivity index (χ4v) is 6.36. The normalized spacial score (nSPS) is 18.2. The van der Waals surface area contributed by atoms with Gasteiger partial charge in [-0.3, -0.25) is 4.79 Å². The van der Waals surface area contributed by atoms with Crippen LogP contribution in [-0.4, -0.2) is 53.9 Å². The van der Waals surface area contributed by atoms with Crippen LogP contribution >= 0.6 is 0 Å². The van der Waals surface area contributed by atoms with E-state index in [1.807, 2.05) is 20.8 Å². The number of benzene rings is 1. The van der Waals surface area contributed by atoms with Crippen LogP contribution in [0.2, 0.25) is 0 Å². The third kappa shape index (κ3) is 12.1. The van der Waals surface area contributed by atoms with Crippen LogP contribution in [0.4, 0.5) is 0 Å². The molecule has 0 aliphatic carbocycles. The average molecular weight is 732 g/mol. The zero-order valence-corrected chi connectivity index (χ0v) is 27.4. The Labute approximate surface area is 256 Å². The standard InChI is InChI=1S/C28H47NO6S.2Rh/c1-5-6-7-8-9-10-11-12-13-14-15-26(30)35-23-20-25(27(31)32)29(21-23)36(33,34)24-18-16-22(17-19-24)28(2,3)4;;/h16-19,23,25,27,31-32H,5-15,20-21H2,1-4H3;;/t23-,25?;;/m1../s1. The SMILES string of the molecule is CCCCCCCCCCCCC(=O)O[C@@H]1CC(C(O)O)N(S(=O)(=O)c2ccc(C(C)(C)C)cc2)C1.[Rh].[Rh]. The fourth-order valence-electron chi connectivity index (χ4n) is 4.69. The molecule has 2 atom stereocenters. The Hall–Kier alpha value is -0.233. The average Bonchev–Trinajstić information content (AvgIpc) is 3.25. The van der Waals surface area contributed by atoms with E-state index in [2.05, 4.69) is 6.92 Å². The van der Waals surface area contributed by atoms with Gasteiger partial charge in [0.15, 0.2) is 6.29 Å². The number of rotatable bonds is 15. The van der Waals surface area contributed by atoms with Crippen molar-refractivity contribution in [3.63, 3.8) is 0 Å². The first-order valence-electron chi connectivity index (χ1n) is 13.6. The predicted octanol–water partition coefficient (Wildman–Crippen LogP) is 5.28. The second-order valence-corrected chi connectivity index (χ2v) is 13.0. The van der Waals surface area contributed by atoms with Gasteiger partial charge in [0.05, 0.1) is 17.5 Å². The molecule has 1 aromatic carbocycles. The molecule has 0 amide bonds. The second-order valence-electron chi connectivity index (χ2n) is 11.1. The maximum Gasteiger partial charge on any atom is 0.306 e. The van der Waals surface area contributed by atoms with Crippen LogP contribution in [0.15, 0.2) is 29.2 Å². The monoisotopic (exact) mass is 731 g/mol. The van der Waals surface area contributed by atoms with E-state index in [9.17, 15) is 23.4 Å². The van der Waals surface area contributed by atoms with E-state index in [4.69, 9.17) is 4.74 Å². The smallest absolute Gasteiger partial charge is 0.306 e. The van der Waals surface area contributed by atoms with Crippen LogP contribution in [-0.2, 0) is 63.9 Å². The Morgan fingerprint density at radius 3 is 1.92 bits per heavy atom. The number of hydrogen-bond acceptors (Lipinski definition) is 6. The number of ether oxygens (including phenoxy) is 1. The predicted molar refractivity (Wildman–Crippen MR) is 142 cm³/mol. The molecular formula is C28H47NO6Rh2S. The van der Waals surface area contributed by atoms with E-state index >= 15 is 0 Å². The molecule has 224 valence electrons. The van der Waals surface area contributed by atoms with Gasteiger partial charge >= 0.3 is 5.97 Å². The van der Waals surface area contributed by atoms with E-state index in [-0.39, 0.29) is 68.2 Å². The van der Waals surface area contributed by atoms with E-state index in [1.165, 1.54) is 44.9 Å². The number of aliphatic hydroxyl groups excluding tert-OH is 1. The minimum atomic E-state index is -3.98. The van der Waals surface area contributed by atoms with E-state index in [1.54, 1.807) is 24.3 Å². The Bertz CT molecular complexity index is 903. The van der Waals surface area contributed by atoms with Crippen molar-refractivity contribution in [2.24, 2.45) is 0 Å². The van der Waals surface area contributed by atoms with Crippen molar-refractivity contribution in [3.05, 3.63) is 29.8 Å². The summed E-state index contributed by atoms with van der Waals surface area (Å²) in [6.07, 6.45) is 9.51. The van der Waals surface area contributed by atoms with Gasteiger partial charge in [-0.2, -0.15) is 4.31 Å². The molecule has 7 nitrogen and oxygen atoms in total. The molecule has 1 aliphatic heterocycles. The first-order valence-corrected chi connectivity index (χ1v) is 15.1. The van der Waals surface area contributed by atoms with Gasteiger partial charge in [0.25, 0.3) is 0 Å². The number of aliphatic hydroxyl groups is 2. The summed E-state index contributed by atoms with van der Waals surface area (Å²) in [5.74, 6) is -0.362. The maximum absolute atomic E-state index is 13.3. The molecule has 1 unspecified atom stereocenters. The Balaban J connectivity index is 0.00000684. The zero-order chi connectivity index (χ0) is 26.8. The van der Waals surface area contributed by atoms with E-state index in [0.29, 0.717) is 6.42 Å². The Morgan fingerprint density at radius 2 is 1.45 bits per heavy atom. The molecule has 1 heterocycles. The van der Waals surface area contributed by atoms with Crippen LogP contribution in [0.25, 0.3) is 0 Å². The van der Waals surface area contributed by atoms with Gasteiger partial charge in [-0.05, 0) is 29.5 Å². The maximum atomic E-state index is 13.3. The number of hydrogen-bond donors (Lipinski definition) is 2. The Morgan fingerprint density at radius 1 is 0.947 bits per heavy atom. The molecule has 2 rings (SSSR count). The molecule has 2 N–H and O–H groups in total. The molecule has 1 saturated heterocycles. The van der Waals surface area contributed by atoms with Crippen LogP contribution in [0.1, 0.15) is 110 Å². The molecule has 0 spiro atoms. The number of carbonyl (C=O) groups excluding carboxylic acids is 1. The van der Waals surface area contributed by atoms with Gasteiger partial charge in [0.1, 0.15) is 6.10 Å². The second kappa shape index (κ2) is 18.2. The quantitative estimate of drug-likeness (QED) is 0.110. The van der Waals surface area contributed by atoms with Crippen molar-refractivity contribution in [3.8, 4) is 0 Å². The minimum absolute atomic E-state index is 0. The van der Waals surface area contributed by atoms with Gasteiger partial charge < -0.3 is 14.9 Å². The first-order chi connectivity index (χ1) is 17.0. The van der Waals surface area contributed by atoms with Crippen LogP contribution in [0.3, 0.4) is 0 Å². The fraction of sp³-hybridized carbons (Fsp3) is 0.750. The summed E-state index contributed by atoms with van der Waals surface area (Å²) in [4.78, 5) is 12.4. The van der Waals surface area contributed by atoms with E-state index in [0.717, 1.165) is 29.1 Å². The van der Waals surface area contributed by atoms with Gasteiger partial charge in [0.2, 0.25) is 10.0 Å². The van der Waals surface area contributed by atoms with Crippen LogP contribution < -0.4 is 0 Å². The molecule has 38 heavy (non-hydrogen) atoms. The molecule has 0 saturated carbocycles. The summed E-state index contributed by atoms with van der Waals surface area (Å²) < 4.78 is 33.1. The largest absolute Gasteiger partial charge is 0.461 e. The summed E-state index contributed by atoms with van der Waals surface area (Å²) in [6, 6.07) is 5.57. The number of nitrogens with zero attached hydrogens (tertiary/aromatic N) is 1. The summed E-state index contributed by atoms with van der Waals surface area (Å²) in [6.45, 7) is 8.27. The molecule has 0 bridgehead atoms. The molecule has 1 aromatic rings. The van der Waals surface area contributed by atoms with Gasteiger partial charge in [-0.25, -0.2) is 8.42 Å². The zero-order valence-electron chi connectivity index (χ0n) is 23.3.